The van der Waals surface area contributed by atoms with Gasteiger partial charge in [-0.05, 0) is 36.5 Å². The highest BCUT2D eigenvalue weighted by Gasteiger charge is 2.24. The lowest BCUT2D eigenvalue weighted by Crippen LogP contribution is -1.77. The number of hydrogen-bond donors (Lipinski definition) is 0. The number of nitrogens with zero attached hydrogens (tertiary/aromatic N) is 1. The van der Waals surface area contributed by atoms with Crippen LogP contribution in [0.1, 0.15) is 17.9 Å². The lowest BCUT2D eigenvalue weighted by atomic mass is 10.1. The van der Waals surface area contributed by atoms with Crippen molar-refractivity contribution in [1.29, 1.82) is 0 Å². The fourth-order valence-electron chi connectivity index (χ4n) is 1.45. The van der Waals surface area contributed by atoms with Gasteiger partial charge < -0.3 is 4.42 Å². The molecule has 1 fully saturated rings. The van der Waals surface area contributed by atoms with Crippen LogP contribution < -0.4 is 0 Å². The van der Waals surface area contributed by atoms with Gasteiger partial charge in [0.2, 0.25) is 0 Å². The molecule has 1 unspecified atom stereocenters. The second-order valence-electron chi connectivity index (χ2n) is 3.16. The van der Waals surface area contributed by atoms with E-state index in [2.05, 4.69) is 23.5 Å². The van der Waals surface area contributed by atoms with E-state index < -0.39 is 0 Å². The molecule has 1 aromatic carbocycles. The van der Waals surface area contributed by atoms with Crippen molar-refractivity contribution in [3.63, 3.8) is 0 Å². The maximum atomic E-state index is 5.15. The smallest absolute Gasteiger partial charge is 0.181 e. The Balaban J connectivity index is 2.21. The highest BCUT2D eigenvalue weighted by molar-refractivity contribution is 5.73. The molecule has 0 aliphatic heterocycles. The summed E-state index contributed by atoms with van der Waals surface area (Å²) in [7, 11) is 0. The Labute approximate surface area is 70.2 Å². The summed E-state index contributed by atoms with van der Waals surface area (Å²) in [5, 5.41) is 0. The van der Waals surface area contributed by atoms with Crippen molar-refractivity contribution in [2.45, 2.75) is 12.3 Å². The fraction of sp³-hybridized carbons (Fsp3) is 0.200. The SMILES string of the molecule is [CH]1CC1c1ccc2ocnc2c1. The number of hydrogen-bond acceptors (Lipinski definition) is 2. The van der Waals surface area contributed by atoms with Crippen LogP contribution in [0, 0.1) is 6.42 Å². The summed E-state index contributed by atoms with van der Waals surface area (Å²) in [6.07, 6.45) is 5.00. The average molecular weight is 158 g/mol. The zero-order chi connectivity index (χ0) is 7.97. The maximum absolute atomic E-state index is 5.15. The van der Waals surface area contributed by atoms with Gasteiger partial charge in [0.1, 0.15) is 5.52 Å². The van der Waals surface area contributed by atoms with E-state index in [0.717, 1.165) is 11.1 Å². The van der Waals surface area contributed by atoms with Gasteiger partial charge in [0.15, 0.2) is 12.0 Å². The molecular formula is C10H8NO. The van der Waals surface area contributed by atoms with Crippen LogP contribution in [0.4, 0.5) is 0 Å². The van der Waals surface area contributed by atoms with E-state index >= 15 is 0 Å². The Hall–Kier alpha value is -1.31. The van der Waals surface area contributed by atoms with Crippen molar-refractivity contribution in [3.05, 3.63) is 36.6 Å². The maximum Gasteiger partial charge on any atom is 0.181 e. The highest BCUT2D eigenvalue weighted by atomic mass is 16.3. The Bertz CT molecular complexity index is 414. The molecule has 2 nitrogen and oxygen atoms in total. The molecule has 1 saturated carbocycles. The topological polar surface area (TPSA) is 26.0 Å². The summed E-state index contributed by atoms with van der Waals surface area (Å²) < 4.78 is 5.15. The van der Waals surface area contributed by atoms with Crippen LogP contribution in [0.15, 0.2) is 29.0 Å². The molecular weight excluding hydrogens is 150 g/mol. The third-order valence-electron chi connectivity index (χ3n) is 2.25. The van der Waals surface area contributed by atoms with E-state index in [0.29, 0.717) is 5.92 Å². The summed E-state index contributed by atoms with van der Waals surface area (Å²) in [6, 6.07) is 6.21. The third-order valence-corrected chi connectivity index (χ3v) is 2.25. The van der Waals surface area contributed by atoms with E-state index in [1.807, 2.05) is 6.07 Å². The lowest BCUT2D eigenvalue weighted by Gasteiger charge is -1.94. The molecule has 0 spiro atoms. The summed E-state index contributed by atoms with van der Waals surface area (Å²) in [4.78, 5) is 4.11. The normalized spacial score (nSPS) is 17.0. The molecule has 2 aromatic rings. The first kappa shape index (κ1) is 6.23. The molecule has 0 amide bonds. The second-order valence-corrected chi connectivity index (χ2v) is 3.16. The molecule has 12 heavy (non-hydrogen) atoms. The number of oxazole rings is 1. The first-order valence-electron chi connectivity index (χ1n) is 4.10. The van der Waals surface area contributed by atoms with Crippen molar-refractivity contribution in [2.24, 2.45) is 0 Å². The predicted octanol–water partition coefficient (Wildman–Crippen LogP) is 2.52. The van der Waals surface area contributed by atoms with E-state index in [1.54, 1.807) is 0 Å². The summed E-state index contributed by atoms with van der Waals surface area (Å²) >= 11 is 0. The van der Waals surface area contributed by atoms with Crippen molar-refractivity contribution < 1.29 is 4.42 Å². The number of rotatable bonds is 1. The van der Waals surface area contributed by atoms with Gasteiger partial charge in [0.05, 0.1) is 0 Å². The minimum atomic E-state index is 0.672. The molecule has 1 heterocycles. The minimum Gasteiger partial charge on any atom is -0.443 e. The summed E-state index contributed by atoms with van der Waals surface area (Å²) in [6.45, 7) is 0. The predicted molar refractivity (Wildman–Crippen MR) is 45.7 cm³/mol. The third kappa shape index (κ3) is 0.843. The van der Waals surface area contributed by atoms with Crippen LogP contribution in [0.25, 0.3) is 11.1 Å². The Morgan fingerprint density at radius 2 is 2.33 bits per heavy atom. The van der Waals surface area contributed by atoms with Gasteiger partial charge in [-0.1, -0.05) is 6.07 Å². The highest BCUT2D eigenvalue weighted by Crippen LogP contribution is 2.39. The molecule has 2 heteroatoms. The van der Waals surface area contributed by atoms with E-state index in [1.165, 1.54) is 18.4 Å². The molecule has 1 radical (unpaired) electrons. The number of benzene rings is 1. The van der Waals surface area contributed by atoms with Crippen LogP contribution in [-0.2, 0) is 0 Å². The zero-order valence-corrected chi connectivity index (χ0v) is 6.53. The first-order chi connectivity index (χ1) is 5.93. The first-order valence-corrected chi connectivity index (χ1v) is 4.10. The summed E-state index contributed by atoms with van der Waals surface area (Å²) in [5.41, 5.74) is 3.20. The largest absolute Gasteiger partial charge is 0.443 e. The Morgan fingerprint density at radius 3 is 3.17 bits per heavy atom. The minimum absolute atomic E-state index is 0.672. The van der Waals surface area contributed by atoms with Crippen LogP contribution in [0.3, 0.4) is 0 Å². The zero-order valence-electron chi connectivity index (χ0n) is 6.53. The molecule has 0 N–H and O–H groups in total. The van der Waals surface area contributed by atoms with Gasteiger partial charge >= 0.3 is 0 Å². The van der Waals surface area contributed by atoms with Crippen LogP contribution in [-0.4, -0.2) is 4.98 Å². The van der Waals surface area contributed by atoms with Crippen LogP contribution >= 0.6 is 0 Å². The second kappa shape index (κ2) is 2.09. The van der Waals surface area contributed by atoms with Crippen LogP contribution in [0.2, 0.25) is 0 Å². The molecule has 3 rings (SSSR count). The van der Waals surface area contributed by atoms with E-state index in [4.69, 9.17) is 4.42 Å². The van der Waals surface area contributed by atoms with Crippen molar-refractivity contribution >= 4 is 11.1 Å². The molecule has 1 aromatic heterocycles. The number of aromatic nitrogens is 1. The monoisotopic (exact) mass is 158 g/mol. The lowest BCUT2D eigenvalue weighted by molar-refractivity contribution is 0.602. The molecule has 0 bridgehead atoms. The van der Waals surface area contributed by atoms with Gasteiger partial charge in [-0.2, -0.15) is 0 Å². The number of fused-ring (bicyclic) bond motifs is 1. The van der Waals surface area contributed by atoms with Gasteiger partial charge in [-0.25, -0.2) is 4.98 Å². The summed E-state index contributed by atoms with van der Waals surface area (Å²) in [5.74, 6) is 0.672. The molecule has 1 atom stereocenters. The van der Waals surface area contributed by atoms with Crippen molar-refractivity contribution in [2.75, 3.05) is 0 Å². The average Bonchev–Trinajstić information content (AvgIpc) is 2.84. The molecule has 1 aliphatic rings. The van der Waals surface area contributed by atoms with Gasteiger partial charge in [-0.3, -0.25) is 0 Å². The Kier molecular flexibility index (Phi) is 1.09. The van der Waals surface area contributed by atoms with Crippen molar-refractivity contribution in [1.82, 2.24) is 4.98 Å². The van der Waals surface area contributed by atoms with Gasteiger partial charge in [0.25, 0.3) is 0 Å². The molecule has 1 aliphatic carbocycles. The van der Waals surface area contributed by atoms with Gasteiger partial charge in [-0.15, -0.1) is 0 Å². The van der Waals surface area contributed by atoms with Gasteiger partial charge in [0, 0.05) is 0 Å². The standard InChI is InChI=1S/C10H8NO/c1-2-7(1)8-3-4-10-9(5-8)11-6-12-10/h1,3-7H,2H2. The van der Waals surface area contributed by atoms with Crippen molar-refractivity contribution in [3.8, 4) is 0 Å². The molecule has 0 saturated heterocycles. The van der Waals surface area contributed by atoms with Crippen LogP contribution in [0.5, 0.6) is 0 Å². The fourth-order valence-corrected chi connectivity index (χ4v) is 1.45. The van der Waals surface area contributed by atoms with E-state index in [-0.39, 0.29) is 0 Å². The quantitative estimate of drug-likeness (QED) is 0.637. The van der Waals surface area contributed by atoms with E-state index in [9.17, 15) is 0 Å². The molecule has 59 valence electrons. The Morgan fingerprint density at radius 1 is 1.42 bits per heavy atom.